The molecule has 0 aliphatic carbocycles. The molecule has 1 aliphatic heterocycles. The smallest absolute Gasteiger partial charge is 0.265 e. The van der Waals surface area contributed by atoms with Crippen molar-refractivity contribution in [2.24, 2.45) is 12.8 Å². The minimum atomic E-state index is -0.694. The molecular formula is C25H26N4O3. The molecule has 2 N–H and O–H groups in total. The van der Waals surface area contributed by atoms with Gasteiger partial charge in [-0.15, -0.1) is 0 Å². The Hall–Kier alpha value is -3.61. The van der Waals surface area contributed by atoms with Gasteiger partial charge in [-0.25, -0.2) is 4.98 Å². The summed E-state index contributed by atoms with van der Waals surface area (Å²) in [6.45, 7) is 5.40. The highest BCUT2D eigenvalue weighted by Gasteiger charge is 2.29. The van der Waals surface area contributed by atoms with E-state index in [4.69, 9.17) is 15.1 Å². The molecule has 1 amide bonds. The van der Waals surface area contributed by atoms with Gasteiger partial charge in [0.2, 0.25) is 0 Å². The van der Waals surface area contributed by atoms with E-state index in [2.05, 4.69) is 4.90 Å². The molecule has 0 radical (unpaired) electrons. The summed E-state index contributed by atoms with van der Waals surface area (Å²) in [4.78, 5) is 32.2. The van der Waals surface area contributed by atoms with Crippen LogP contribution in [0.4, 0.5) is 5.69 Å². The molecule has 1 fully saturated rings. The molecule has 2 aromatic carbocycles. The monoisotopic (exact) mass is 430 g/mol. The van der Waals surface area contributed by atoms with Crippen molar-refractivity contribution in [3.8, 4) is 0 Å². The van der Waals surface area contributed by atoms with Crippen molar-refractivity contribution in [1.82, 2.24) is 9.55 Å². The number of piperidine rings is 1. The number of oxazole rings is 1. The fourth-order valence-corrected chi connectivity index (χ4v) is 4.78. The summed E-state index contributed by atoms with van der Waals surface area (Å²) in [5.74, 6) is 0.251. The number of benzene rings is 2. The van der Waals surface area contributed by atoms with Gasteiger partial charge in [-0.3, -0.25) is 9.59 Å². The summed E-state index contributed by atoms with van der Waals surface area (Å²) in [5, 5.41) is 0.872. The molecule has 0 atom stereocenters. The summed E-state index contributed by atoms with van der Waals surface area (Å²) in [7, 11) is 1.68. The van der Waals surface area contributed by atoms with Gasteiger partial charge >= 0.3 is 0 Å². The van der Waals surface area contributed by atoms with Crippen LogP contribution in [0.25, 0.3) is 22.0 Å². The number of pyridine rings is 1. The number of aromatic nitrogens is 2. The molecule has 32 heavy (non-hydrogen) atoms. The molecule has 164 valence electrons. The van der Waals surface area contributed by atoms with Crippen LogP contribution in [-0.4, -0.2) is 28.5 Å². The van der Waals surface area contributed by atoms with E-state index in [1.165, 1.54) is 4.57 Å². The zero-order valence-corrected chi connectivity index (χ0v) is 18.5. The van der Waals surface area contributed by atoms with Crippen molar-refractivity contribution in [1.29, 1.82) is 0 Å². The highest BCUT2D eigenvalue weighted by atomic mass is 16.3. The Bertz CT molecular complexity index is 1420. The van der Waals surface area contributed by atoms with Crippen LogP contribution in [0.15, 0.2) is 45.6 Å². The van der Waals surface area contributed by atoms with Gasteiger partial charge in [-0.1, -0.05) is 17.7 Å². The summed E-state index contributed by atoms with van der Waals surface area (Å²) in [6, 6.07) is 11.9. The minimum absolute atomic E-state index is 0.0568. The molecule has 0 spiro atoms. The Morgan fingerprint density at radius 3 is 2.50 bits per heavy atom. The van der Waals surface area contributed by atoms with Gasteiger partial charge in [0.25, 0.3) is 11.5 Å². The lowest BCUT2D eigenvalue weighted by molar-refractivity contribution is 0.0999. The first-order valence-electron chi connectivity index (χ1n) is 10.9. The molecule has 2 aromatic heterocycles. The zero-order chi connectivity index (χ0) is 22.6. The number of nitrogens with zero attached hydrogens (tertiary/aromatic N) is 3. The van der Waals surface area contributed by atoms with Crippen LogP contribution < -0.4 is 16.2 Å². The Morgan fingerprint density at radius 2 is 1.78 bits per heavy atom. The van der Waals surface area contributed by atoms with Crippen LogP contribution in [0.5, 0.6) is 0 Å². The second-order valence-corrected chi connectivity index (χ2v) is 8.76. The number of hydrogen-bond donors (Lipinski definition) is 1. The lowest BCUT2D eigenvalue weighted by Gasteiger charge is -2.34. The van der Waals surface area contributed by atoms with Crippen molar-refractivity contribution in [2.75, 3.05) is 18.0 Å². The van der Waals surface area contributed by atoms with Gasteiger partial charge in [0.1, 0.15) is 11.1 Å². The molecule has 7 nitrogen and oxygen atoms in total. The number of amides is 1. The topological polar surface area (TPSA) is 94.4 Å². The standard InChI is InChI=1S/C25H26N4O3/c1-14-4-6-19-17(12-14)22(21(23(26)30)25(31)28(19)3)29-10-8-16(9-11-29)24-27-18-13-15(2)5-7-20(18)32-24/h4-7,12-13,16H,8-11H2,1-3H3,(H2,26,30). The number of nitrogens with two attached hydrogens (primary N) is 1. The van der Waals surface area contributed by atoms with Gasteiger partial charge in [-0.2, -0.15) is 0 Å². The maximum Gasteiger partial charge on any atom is 0.265 e. The van der Waals surface area contributed by atoms with E-state index in [0.717, 1.165) is 51.9 Å². The van der Waals surface area contributed by atoms with Gasteiger partial charge in [0.15, 0.2) is 11.5 Å². The molecule has 5 rings (SSSR count). The molecular weight excluding hydrogens is 404 g/mol. The SMILES string of the molecule is Cc1ccc2oc(C3CCN(c4c(C(N)=O)c(=O)n(C)c5ccc(C)cc45)CC3)nc2c1. The maximum absolute atomic E-state index is 13.0. The third-order valence-electron chi connectivity index (χ3n) is 6.49. The van der Waals surface area contributed by atoms with Crippen molar-refractivity contribution in [3.63, 3.8) is 0 Å². The van der Waals surface area contributed by atoms with Crippen LogP contribution in [0, 0.1) is 13.8 Å². The minimum Gasteiger partial charge on any atom is -0.440 e. The number of primary amides is 1. The van der Waals surface area contributed by atoms with E-state index >= 15 is 0 Å². The number of fused-ring (bicyclic) bond motifs is 2. The molecule has 4 aromatic rings. The number of aryl methyl sites for hydroxylation is 3. The Balaban J connectivity index is 1.52. The van der Waals surface area contributed by atoms with Gasteiger partial charge < -0.3 is 19.6 Å². The lowest BCUT2D eigenvalue weighted by Crippen LogP contribution is -2.38. The maximum atomic E-state index is 13.0. The Labute approximate surface area is 185 Å². The summed E-state index contributed by atoms with van der Waals surface area (Å²) < 4.78 is 7.53. The van der Waals surface area contributed by atoms with Crippen molar-refractivity contribution < 1.29 is 9.21 Å². The largest absolute Gasteiger partial charge is 0.440 e. The van der Waals surface area contributed by atoms with Crippen LogP contribution >= 0.6 is 0 Å². The van der Waals surface area contributed by atoms with Crippen molar-refractivity contribution in [2.45, 2.75) is 32.6 Å². The average Bonchev–Trinajstić information content (AvgIpc) is 3.19. The Morgan fingerprint density at radius 1 is 1.09 bits per heavy atom. The quantitative estimate of drug-likeness (QED) is 0.534. The van der Waals surface area contributed by atoms with Gasteiger partial charge in [0, 0.05) is 31.4 Å². The first-order valence-corrected chi connectivity index (χ1v) is 10.9. The Kier molecular flexibility index (Phi) is 4.77. The summed E-state index contributed by atoms with van der Waals surface area (Å²) >= 11 is 0. The van der Waals surface area contributed by atoms with Crippen LogP contribution in [0.1, 0.15) is 46.1 Å². The molecule has 7 heteroatoms. The molecule has 0 unspecified atom stereocenters. The fourth-order valence-electron chi connectivity index (χ4n) is 4.78. The van der Waals surface area contributed by atoms with E-state index < -0.39 is 5.91 Å². The van der Waals surface area contributed by atoms with Gasteiger partial charge in [0.05, 0.1) is 11.2 Å². The van der Waals surface area contributed by atoms with Crippen molar-refractivity contribution in [3.05, 3.63) is 69.3 Å². The number of hydrogen-bond acceptors (Lipinski definition) is 5. The molecule has 0 saturated carbocycles. The first kappa shape index (κ1) is 20.3. The molecule has 1 aliphatic rings. The van der Waals surface area contributed by atoms with E-state index in [-0.39, 0.29) is 17.0 Å². The number of carbonyl (C=O) groups is 1. The predicted octanol–water partition coefficient (Wildman–Crippen LogP) is 3.78. The van der Waals surface area contributed by atoms with Crippen LogP contribution in [-0.2, 0) is 7.05 Å². The third kappa shape index (κ3) is 3.25. The molecule has 0 bridgehead atoms. The summed E-state index contributed by atoms with van der Waals surface area (Å²) in [5.41, 5.74) is 10.7. The third-order valence-corrected chi connectivity index (χ3v) is 6.49. The summed E-state index contributed by atoms with van der Waals surface area (Å²) in [6.07, 6.45) is 1.62. The zero-order valence-electron chi connectivity index (χ0n) is 18.5. The second kappa shape index (κ2) is 7.51. The normalized spacial score (nSPS) is 15.0. The van der Waals surface area contributed by atoms with Gasteiger partial charge in [-0.05, 0) is 56.5 Å². The van der Waals surface area contributed by atoms with Crippen LogP contribution in [0.2, 0.25) is 0 Å². The van der Waals surface area contributed by atoms with Crippen molar-refractivity contribution >= 4 is 33.6 Å². The lowest BCUT2D eigenvalue weighted by atomic mass is 9.95. The fraction of sp³-hybridized carbons (Fsp3) is 0.320. The van der Waals surface area contributed by atoms with E-state index in [9.17, 15) is 9.59 Å². The van der Waals surface area contributed by atoms with E-state index in [1.807, 2.05) is 50.2 Å². The van der Waals surface area contributed by atoms with E-state index in [0.29, 0.717) is 18.8 Å². The van der Waals surface area contributed by atoms with E-state index in [1.54, 1.807) is 7.05 Å². The molecule has 3 heterocycles. The number of carbonyl (C=O) groups excluding carboxylic acids is 1. The second-order valence-electron chi connectivity index (χ2n) is 8.76. The van der Waals surface area contributed by atoms with Crippen LogP contribution in [0.3, 0.4) is 0 Å². The first-order chi connectivity index (χ1) is 15.3. The highest BCUT2D eigenvalue weighted by molar-refractivity contribution is 6.07. The average molecular weight is 431 g/mol. The number of anilines is 1. The highest BCUT2D eigenvalue weighted by Crippen LogP contribution is 2.36. The predicted molar refractivity (Wildman–Crippen MR) is 125 cm³/mol. The molecule has 1 saturated heterocycles. The number of rotatable bonds is 3.